The van der Waals surface area contributed by atoms with E-state index in [1.807, 2.05) is 73.8 Å². The number of nitrogens with one attached hydrogen (secondary N) is 1. The zero-order valence-corrected chi connectivity index (χ0v) is 18.3. The first-order valence-corrected chi connectivity index (χ1v) is 10.9. The maximum Gasteiger partial charge on any atom is 0.262 e. The summed E-state index contributed by atoms with van der Waals surface area (Å²) in [6, 6.07) is 17.4. The molecule has 1 amide bonds. The van der Waals surface area contributed by atoms with Crippen LogP contribution in [0.4, 0.5) is 11.4 Å². The van der Waals surface area contributed by atoms with Gasteiger partial charge in [0.15, 0.2) is 6.61 Å². The third-order valence-corrected chi connectivity index (χ3v) is 5.76. The molecular formula is C24H20N4O3S. The van der Waals surface area contributed by atoms with Crippen molar-refractivity contribution >= 4 is 34.3 Å². The molecule has 1 aliphatic heterocycles. The number of thiazole rings is 1. The standard InChI is InChI=1S/C24H20N4O3S/c1-15-5-3-6-18(11-15)25-24-28(27-16(2)21-7-4-10-30-21)20(14-32-24)17-8-9-22-19(12-17)26-23(29)13-31-22/h3-12,14H,13H2,1-2H3,(H,26,29). The first-order chi connectivity index (χ1) is 15.6. The highest BCUT2D eigenvalue weighted by Crippen LogP contribution is 2.33. The van der Waals surface area contributed by atoms with Gasteiger partial charge in [0.2, 0.25) is 4.80 Å². The van der Waals surface area contributed by atoms with Crippen molar-refractivity contribution in [1.29, 1.82) is 0 Å². The van der Waals surface area contributed by atoms with Crippen molar-refractivity contribution in [2.24, 2.45) is 10.1 Å². The van der Waals surface area contributed by atoms with Crippen LogP contribution in [-0.2, 0) is 4.79 Å². The summed E-state index contributed by atoms with van der Waals surface area (Å²) in [4.78, 5) is 17.3. The fourth-order valence-corrected chi connectivity index (χ4v) is 4.26. The van der Waals surface area contributed by atoms with Crippen molar-refractivity contribution in [2.75, 3.05) is 11.9 Å². The van der Waals surface area contributed by atoms with E-state index < -0.39 is 0 Å². The Kier molecular flexibility index (Phi) is 5.20. The van der Waals surface area contributed by atoms with Gasteiger partial charge in [0.1, 0.15) is 17.2 Å². The molecule has 0 saturated carbocycles. The number of carbonyl (C=O) groups excluding carboxylic acids is 1. The molecule has 2 aromatic carbocycles. The number of anilines is 1. The highest BCUT2D eigenvalue weighted by molar-refractivity contribution is 7.07. The molecule has 0 aliphatic carbocycles. The van der Waals surface area contributed by atoms with Crippen LogP contribution in [0.5, 0.6) is 5.75 Å². The van der Waals surface area contributed by atoms with Crippen molar-refractivity contribution in [3.05, 3.63) is 82.4 Å². The molecule has 32 heavy (non-hydrogen) atoms. The normalized spacial score (nSPS) is 14.1. The number of hydrogen-bond acceptors (Lipinski definition) is 6. The molecule has 0 bridgehead atoms. The number of hydrogen-bond donors (Lipinski definition) is 1. The molecule has 0 saturated heterocycles. The van der Waals surface area contributed by atoms with Gasteiger partial charge in [0.25, 0.3) is 5.91 Å². The fourth-order valence-electron chi connectivity index (χ4n) is 3.41. The number of benzene rings is 2. The van der Waals surface area contributed by atoms with Gasteiger partial charge < -0.3 is 14.5 Å². The van der Waals surface area contributed by atoms with E-state index in [9.17, 15) is 4.79 Å². The third kappa shape index (κ3) is 4.00. The van der Waals surface area contributed by atoms with E-state index in [1.165, 1.54) is 11.3 Å². The highest BCUT2D eigenvalue weighted by atomic mass is 32.1. The Hall–Kier alpha value is -3.91. The van der Waals surface area contributed by atoms with Gasteiger partial charge in [0, 0.05) is 10.9 Å². The van der Waals surface area contributed by atoms with Gasteiger partial charge in [-0.25, -0.2) is 9.67 Å². The summed E-state index contributed by atoms with van der Waals surface area (Å²) in [5.41, 5.74) is 5.07. The number of furan rings is 1. The number of carbonyl (C=O) groups is 1. The number of fused-ring (bicyclic) bond motifs is 1. The lowest BCUT2D eigenvalue weighted by atomic mass is 10.1. The van der Waals surface area contributed by atoms with Crippen LogP contribution in [0, 0.1) is 6.92 Å². The molecule has 0 fully saturated rings. The van der Waals surface area contributed by atoms with Crippen molar-refractivity contribution in [2.45, 2.75) is 13.8 Å². The van der Waals surface area contributed by atoms with Crippen molar-refractivity contribution in [3.63, 3.8) is 0 Å². The summed E-state index contributed by atoms with van der Waals surface area (Å²) in [5.74, 6) is 1.16. The molecule has 1 aliphatic rings. The molecule has 8 heteroatoms. The number of nitrogens with zero attached hydrogens (tertiary/aromatic N) is 3. The lowest BCUT2D eigenvalue weighted by Crippen LogP contribution is -2.25. The Labute approximate surface area is 188 Å². The van der Waals surface area contributed by atoms with E-state index in [2.05, 4.69) is 5.32 Å². The smallest absolute Gasteiger partial charge is 0.262 e. The molecule has 0 radical (unpaired) electrons. The quantitative estimate of drug-likeness (QED) is 0.452. The van der Waals surface area contributed by atoms with Crippen LogP contribution in [0.3, 0.4) is 0 Å². The predicted octanol–water partition coefficient (Wildman–Crippen LogP) is 4.95. The molecule has 5 rings (SSSR count). The molecule has 4 aromatic rings. The van der Waals surface area contributed by atoms with E-state index in [-0.39, 0.29) is 12.5 Å². The first-order valence-electron chi connectivity index (χ1n) is 10.1. The molecule has 160 valence electrons. The van der Waals surface area contributed by atoms with Gasteiger partial charge in [-0.1, -0.05) is 12.1 Å². The SMILES string of the molecule is CC(=Nn1c(-c2ccc3c(c2)NC(=O)CO3)csc1=Nc1cccc(C)c1)c1ccco1. The predicted molar refractivity (Wildman–Crippen MR) is 125 cm³/mol. The lowest BCUT2D eigenvalue weighted by molar-refractivity contribution is -0.118. The second-order valence-corrected chi connectivity index (χ2v) is 8.21. The van der Waals surface area contributed by atoms with E-state index in [1.54, 1.807) is 10.9 Å². The second-order valence-electron chi connectivity index (χ2n) is 7.38. The molecule has 1 N–H and O–H groups in total. The fraction of sp³-hybridized carbons (Fsp3) is 0.125. The molecule has 3 heterocycles. The topological polar surface area (TPSA) is 81.1 Å². The van der Waals surface area contributed by atoms with Crippen molar-refractivity contribution in [3.8, 4) is 17.0 Å². The molecule has 2 aromatic heterocycles. The molecule has 0 spiro atoms. The van der Waals surface area contributed by atoms with Crippen LogP contribution in [0.25, 0.3) is 11.3 Å². The summed E-state index contributed by atoms with van der Waals surface area (Å²) in [6.07, 6.45) is 1.62. The first kappa shape index (κ1) is 20.0. The minimum Gasteiger partial charge on any atom is -0.482 e. The number of amides is 1. The molecular weight excluding hydrogens is 424 g/mol. The van der Waals surface area contributed by atoms with Crippen molar-refractivity contribution in [1.82, 2.24) is 4.68 Å². The van der Waals surface area contributed by atoms with Gasteiger partial charge in [-0.05, 0) is 61.9 Å². The van der Waals surface area contributed by atoms with Crippen LogP contribution in [0.15, 0.2) is 80.8 Å². The Bertz CT molecular complexity index is 1400. The Balaban J connectivity index is 1.67. The average Bonchev–Trinajstić information content (AvgIpc) is 3.44. The minimum absolute atomic E-state index is 0.0248. The number of aryl methyl sites for hydroxylation is 1. The van der Waals surface area contributed by atoms with Crippen LogP contribution in [0.2, 0.25) is 0 Å². The maximum absolute atomic E-state index is 11.8. The van der Waals surface area contributed by atoms with E-state index in [0.29, 0.717) is 17.2 Å². The monoisotopic (exact) mass is 444 g/mol. The maximum atomic E-state index is 11.8. The zero-order valence-electron chi connectivity index (χ0n) is 17.5. The second kappa shape index (κ2) is 8.32. The Morgan fingerprint density at radius 2 is 2.06 bits per heavy atom. The van der Waals surface area contributed by atoms with Gasteiger partial charge in [-0.2, -0.15) is 5.10 Å². The highest BCUT2D eigenvalue weighted by Gasteiger charge is 2.18. The number of ether oxygens (including phenoxy) is 1. The largest absolute Gasteiger partial charge is 0.482 e. The summed E-state index contributed by atoms with van der Waals surface area (Å²) in [5, 5.41) is 9.68. The Morgan fingerprint density at radius 1 is 1.16 bits per heavy atom. The molecule has 7 nitrogen and oxygen atoms in total. The summed E-state index contributed by atoms with van der Waals surface area (Å²) >= 11 is 1.49. The zero-order chi connectivity index (χ0) is 22.1. The van der Waals surface area contributed by atoms with Crippen LogP contribution >= 0.6 is 11.3 Å². The van der Waals surface area contributed by atoms with E-state index >= 15 is 0 Å². The summed E-state index contributed by atoms with van der Waals surface area (Å²) in [6.45, 7) is 3.96. The van der Waals surface area contributed by atoms with Crippen LogP contribution < -0.4 is 14.9 Å². The van der Waals surface area contributed by atoms with Gasteiger partial charge in [0.05, 0.1) is 23.3 Å². The third-order valence-electron chi connectivity index (χ3n) is 4.95. The van der Waals surface area contributed by atoms with Crippen LogP contribution in [0.1, 0.15) is 18.2 Å². The van der Waals surface area contributed by atoms with Gasteiger partial charge >= 0.3 is 0 Å². The summed E-state index contributed by atoms with van der Waals surface area (Å²) < 4.78 is 12.8. The molecule has 0 atom stereocenters. The number of aromatic nitrogens is 1. The van der Waals surface area contributed by atoms with E-state index in [4.69, 9.17) is 19.2 Å². The van der Waals surface area contributed by atoms with Gasteiger partial charge in [-0.15, -0.1) is 11.3 Å². The minimum atomic E-state index is -0.172. The van der Waals surface area contributed by atoms with Crippen LogP contribution in [-0.4, -0.2) is 22.9 Å². The lowest BCUT2D eigenvalue weighted by Gasteiger charge is -2.18. The average molecular weight is 445 g/mol. The van der Waals surface area contributed by atoms with Crippen molar-refractivity contribution < 1.29 is 13.9 Å². The number of rotatable bonds is 4. The Morgan fingerprint density at radius 3 is 2.88 bits per heavy atom. The van der Waals surface area contributed by atoms with E-state index in [0.717, 1.165) is 33.0 Å². The molecule has 0 unspecified atom stereocenters. The summed E-state index contributed by atoms with van der Waals surface area (Å²) in [7, 11) is 0. The van der Waals surface area contributed by atoms with Gasteiger partial charge in [-0.3, -0.25) is 4.79 Å².